The fraction of sp³-hybridized carbons (Fsp3) is 0.545. The van der Waals surface area contributed by atoms with Gasteiger partial charge < -0.3 is 0 Å². The molecule has 19 heavy (non-hydrogen) atoms. The minimum atomic E-state index is -0.435. The molecular weight excluding hydrogens is 461 g/mol. The highest BCUT2D eigenvalue weighted by molar-refractivity contribution is 14.1. The molecule has 4 atom stereocenters. The summed E-state index contributed by atoms with van der Waals surface area (Å²) in [5.74, 6) is 0.579. The van der Waals surface area contributed by atoms with Crippen molar-refractivity contribution in [2.45, 2.75) is 22.5 Å². The van der Waals surface area contributed by atoms with Crippen LogP contribution < -0.4 is 5.32 Å². The number of carbonyl (C=O) groups is 1. The van der Waals surface area contributed by atoms with Gasteiger partial charge in [0.1, 0.15) is 5.51 Å². The van der Waals surface area contributed by atoms with E-state index in [9.17, 15) is 4.79 Å². The Kier molecular flexibility index (Phi) is 3.96. The lowest BCUT2D eigenvalue weighted by atomic mass is 9.84. The van der Waals surface area contributed by atoms with Crippen molar-refractivity contribution in [3.8, 4) is 0 Å². The van der Waals surface area contributed by atoms with Gasteiger partial charge in [-0.25, -0.2) is 0 Å². The second-order valence-electron chi connectivity index (χ2n) is 4.80. The average molecular weight is 472 g/mol. The van der Waals surface area contributed by atoms with Crippen LogP contribution in [0.3, 0.4) is 0 Å². The van der Waals surface area contributed by atoms with Crippen molar-refractivity contribution in [3.05, 3.63) is 15.4 Å². The summed E-state index contributed by atoms with van der Waals surface area (Å²) in [6, 6.07) is 0. The highest BCUT2D eigenvalue weighted by Gasteiger charge is 2.59. The lowest BCUT2D eigenvalue weighted by Crippen LogP contribution is -2.43. The zero-order valence-corrected chi connectivity index (χ0v) is 15.3. The molecule has 1 saturated carbocycles. The van der Waals surface area contributed by atoms with E-state index < -0.39 is 5.41 Å². The molecule has 1 aliphatic carbocycles. The number of thioether (sulfide) groups is 1. The molecule has 1 aromatic heterocycles. The number of nitrogens with one attached hydrogen (secondary N) is 1. The molecular formula is C11H11BrIN3OS2. The third-order valence-corrected chi connectivity index (χ3v) is 8.52. The molecule has 1 fully saturated rings. The van der Waals surface area contributed by atoms with Gasteiger partial charge in [0.15, 0.2) is 0 Å². The number of aromatic nitrogens is 2. The molecule has 1 amide bonds. The van der Waals surface area contributed by atoms with E-state index in [2.05, 4.69) is 67.0 Å². The molecule has 8 heteroatoms. The third-order valence-electron chi connectivity index (χ3n) is 3.66. The summed E-state index contributed by atoms with van der Waals surface area (Å²) in [6.45, 7) is 2.22. The fourth-order valence-corrected chi connectivity index (χ4v) is 7.13. The number of halogens is 2. The SMILES string of the molecule is C[C@@H]1CC2SC(Br)=CC2(C(=O)Nc2nncs2)[C@H]1I. The number of carbonyl (C=O) groups excluding carboxylic acids is 1. The summed E-state index contributed by atoms with van der Waals surface area (Å²) in [5, 5.41) is 11.5. The highest BCUT2D eigenvalue weighted by atomic mass is 127. The fourth-order valence-electron chi connectivity index (χ4n) is 2.75. The standard InChI is InChI=1S/C11H11BrIN3OS2/c1-5-2-6-11(8(5)13,3-7(12)19-6)9(17)15-10-16-14-4-18-10/h3-6,8H,2H2,1H3,(H,15,16,17)/t5-,6?,8+,11?/m1/s1. The molecule has 2 heterocycles. The van der Waals surface area contributed by atoms with E-state index >= 15 is 0 Å². The minimum absolute atomic E-state index is 0.0416. The van der Waals surface area contributed by atoms with Crippen molar-refractivity contribution >= 4 is 72.7 Å². The van der Waals surface area contributed by atoms with Crippen molar-refractivity contribution in [2.75, 3.05) is 5.32 Å². The van der Waals surface area contributed by atoms with Gasteiger partial charge in [0.2, 0.25) is 11.0 Å². The second kappa shape index (κ2) is 5.27. The molecule has 0 bridgehead atoms. The maximum Gasteiger partial charge on any atom is 0.238 e. The van der Waals surface area contributed by atoms with Crippen LogP contribution in [-0.2, 0) is 4.79 Å². The average Bonchev–Trinajstić information content (AvgIpc) is 3.00. The van der Waals surface area contributed by atoms with Crippen LogP contribution in [0, 0.1) is 11.3 Å². The first kappa shape index (κ1) is 14.3. The monoisotopic (exact) mass is 471 g/mol. The second-order valence-corrected chi connectivity index (χ2v) is 9.60. The van der Waals surface area contributed by atoms with E-state index in [0.717, 1.165) is 10.2 Å². The van der Waals surface area contributed by atoms with Crippen LogP contribution in [0.15, 0.2) is 15.4 Å². The Hall–Kier alpha value is 0.330. The van der Waals surface area contributed by atoms with Crippen LogP contribution in [-0.4, -0.2) is 25.3 Å². The molecule has 1 aromatic rings. The lowest BCUT2D eigenvalue weighted by Gasteiger charge is -2.29. The number of rotatable bonds is 2. The smallest absolute Gasteiger partial charge is 0.238 e. The van der Waals surface area contributed by atoms with E-state index in [-0.39, 0.29) is 5.91 Å². The molecule has 2 aliphatic rings. The number of amides is 1. The Morgan fingerprint density at radius 3 is 3.16 bits per heavy atom. The first-order valence-corrected chi connectivity index (χ1v) is 9.60. The van der Waals surface area contributed by atoms with E-state index in [4.69, 9.17) is 0 Å². The quantitative estimate of drug-likeness (QED) is 0.528. The van der Waals surface area contributed by atoms with Crippen molar-refractivity contribution in [1.82, 2.24) is 10.2 Å². The largest absolute Gasteiger partial charge is 0.300 e. The summed E-state index contributed by atoms with van der Waals surface area (Å²) in [5.41, 5.74) is 1.19. The Morgan fingerprint density at radius 1 is 1.68 bits per heavy atom. The molecule has 2 unspecified atom stereocenters. The lowest BCUT2D eigenvalue weighted by molar-refractivity contribution is -0.122. The van der Waals surface area contributed by atoms with E-state index in [1.54, 1.807) is 17.3 Å². The summed E-state index contributed by atoms with van der Waals surface area (Å²) in [6.07, 6.45) is 3.15. The van der Waals surface area contributed by atoms with E-state index in [1.807, 2.05) is 0 Å². The van der Waals surface area contributed by atoms with E-state index in [1.165, 1.54) is 11.3 Å². The minimum Gasteiger partial charge on any atom is -0.300 e. The Bertz CT molecular complexity index is 538. The van der Waals surface area contributed by atoms with Gasteiger partial charge >= 0.3 is 0 Å². The number of hydrogen-bond donors (Lipinski definition) is 1. The maximum atomic E-state index is 12.8. The van der Waals surface area contributed by atoms with Crippen molar-refractivity contribution in [3.63, 3.8) is 0 Å². The number of anilines is 1. The zero-order valence-electron chi connectivity index (χ0n) is 9.97. The summed E-state index contributed by atoms with van der Waals surface area (Å²) in [7, 11) is 0. The maximum absolute atomic E-state index is 12.8. The van der Waals surface area contributed by atoms with Gasteiger partial charge in [0.05, 0.1) is 5.41 Å². The van der Waals surface area contributed by atoms with E-state index in [0.29, 0.717) is 20.2 Å². The number of alkyl halides is 1. The number of nitrogens with zero attached hydrogens (tertiary/aromatic N) is 2. The van der Waals surface area contributed by atoms with Gasteiger partial charge in [-0.05, 0) is 34.3 Å². The van der Waals surface area contributed by atoms with Crippen molar-refractivity contribution < 1.29 is 4.79 Å². The topological polar surface area (TPSA) is 54.9 Å². The molecule has 3 rings (SSSR count). The first-order valence-electron chi connectivity index (χ1n) is 5.80. The molecule has 0 aromatic carbocycles. The van der Waals surface area contributed by atoms with Crippen LogP contribution in [0.4, 0.5) is 5.13 Å². The highest BCUT2D eigenvalue weighted by Crippen LogP contribution is 2.60. The predicted octanol–water partition coefficient (Wildman–Crippen LogP) is 3.66. The molecule has 4 nitrogen and oxygen atoms in total. The number of fused-ring (bicyclic) bond motifs is 1. The Balaban J connectivity index is 1.93. The van der Waals surface area contributed by atoms with Gasteiger partial charge in [-0.1, -0.05) is 40.9 Å². The summed E-state index contributed by atoms with van der Waals surface area (Å²) < 4.78 is 1.36. The van der Waals surface area contributed by atoms with Crippen LogP contribution in [0.1, 0.15) is 13.3 Å². The van der Waals surface area contributed by atoms with Crippen molar-refractivity contribution in [2.24, 2.45) is 11.3 Å². The van der Waals surface area contributed by atoms with Crippen LogP contribution in [0.25, 0.3) is 0 Å². The summed E-state index contributed by atoms with van der Waals surface area (Å²) in [4.78, 5) is 12.8. The van der Waals surface area contributed by atoms with Gasteiger partial charge in [0, 0.05) is 13.0 Å². The third kappa shape index (κ3) is 2.28. The zero-order chi connectivity index (χ0) is 13.6. The van der Waals surface area contributed by atoms with Gasteiger partial charge in [-0.3, -0.25) is 10.1 Å². The van der Waals surface area contributed by atoms with Crippen LogP contribution >= 0.6 is 61.6 Å². The molecule has 0 radical (unpaired) electrons. The molecule has 102 valence electrons. The molecule has 0 spiro atoms. The van der Waals surface area contributed by atoms with Gasteiger partial charge in [0.25, 0.3) is 0 Å². The summed E-state index contributed by atoms with van der Waals surface area (Å²) >= 11 is 9.07. The molecule has 0 saturated heterocycles. The van der Waals surface area contributed by atoms with Gasteiger partial charge in [-0.2, -0.15) is 0 Å². The Labute approximate surface area is 141 Å². The first-order chi connectivity index (χ1) is 9.04. The number of hydrogen-bond acceptors (Lipinski definition) is 5. The normalized spacial score (nSPS) is 37.0. The van der Waals surface area contributed by atoms with Crippen LogP contribution in [0.5, 0.6) is 0 Å². The van der Waals surface area contributed by atoms with Gasteiger partial charge in [-0.15, -0.1) is 22.0 Å². The molecule has 1 aliphatic heterocycles. The molecule has 1 N–H and O–H groups in total. The van der Waals surface area contributed by atoms with Crippen LogP contribution in [0.2, 0.25) is 0 Å². The van der Waals surface area contributed by atoms with Crippen molar-refractivity contribution in [1.29, 1.82) is 0 Å². The predicted molar refractivity (Wildman–Crippen MR) is 90.9 cm³/mol. The Morgan fingerprint density at radius 2 is 2.47 bits per heavy atom.